The van der Waals surface area contributed by atoms with E-state index in [1.54, 1.807) is 13.0 Å². The summed E-state index contributed by atoms with van der Waals surface area (Å²) in [5.41, 5.74) is 7.89. The molecule has 0 radical (unpaired) electrons. The lowest BCUT2D eigenvalue weighted by Gasteiger charge is -2.11. The zero-order valence-electron chi connectivity index (χ0n) is 13.2. The number of aryl methyl sites for hydroxylation is 2. The van der Waals surface area contributed by atoms with Gasteiger partial charge in [0.25, 0.3) is 0 Å². The minimum absolute atomic E-state index is 0.00200. The van der Waals surface area contributed by atoms with Gasteiger partial charge < -0.3 is 21.1 Å². The highest BCUT2D eigenvalue weighted by molar-refractivity contribution is 7.99. The number of nitrogen functional groups attached to an aromatic ring is 1. The van der Waals surface area contributed by atoms with E-state index in [9.17, 15) is 15.0 Å². The van der Waals surface area contributed by atoms with E-state index in [2.05, 4.69) is 15.0 Å². The number of aliphatic hydroxyl groups is 2. The first-order chi connectivity index (χ1) is 11.3. The number of carboxylic acid groups (broad SMARTS) is 1. The monoisotopic (exact) mass is 350 g/mol. The van der Waals surface area contributed by atoms with Crippen LogP contribution in [0.15, 0.2) is 17.3 Å². The normalized spacial score (nSPS) is 12.2. The SMILES string of the molecule is Cc1cc(C)c(-c2nc(N)nc(SCC(O)CO)n2)cc1C(=O)O. The number of aromatic carboxylic acids is 1. The van der Waals surface area contributed by atoms with Crippen LogP contribution in [0, 0.1) is 13.8 Å². The Morgan fingerprint density at radius 1 is 1.25 bits per heavy atom. The molecule has 0 amide bonds. The van der Waals surface area contributed by atoms with Gasteiger partial charge in [0.1, 0.15) is 0 Å². The van der Waals surface area contributed by atoms with Gasteiger partial charge in [0, 0.05) is 11.3 Å². The molecule has 5 N–H and O–H groups in total. The molecule has 0 bridgehead atoms. The van der Waals surface area contributed by atoms with Gasteiger partial charge in [0.05, 0.1) is 18.3 Å². The molecule has 0 saturated carbocycles. The number of aromatic nitrogens is 3. The van der Waals surface area contributed by atoms with Crippen molar-refractivity contribution in [3.63, 3.8) is 0 Å². The first-order valence-corrected chi connectivity index (χ1v) is 8.08. The average molecular weight is 350 g/mol. The van der Waals surface area contributed by atoms with Crippen molar-refractivity contribution in [3.8, 4) is 11.4 Å². The lowest BCUT2D eigenvalue weighted by atomic mass is 9.99. The number of anilines is 1. The largest absolute Gasteiger partial charge is 0.478 e. The number of thioether (sulfide) groups is 1. The molecule has 0 fully saturated rings. The molecular formula is C15H18N4O4S. The van der Waals surface area contributed by atoms with Gasteiger partial charge in [-0.15, -0.1) is 0 Å². The molecular weight excluding hydrogens is 332 g/mol. The van der Waals surface area contributed by atoms with Gasteiger partial charge in [0.2, 0.25) is 5.95 Å². The molecule has 9 heteroatoms. The second-order valence-corrected chi connectivity index (χ2v) is 6.22. The number of rotatable bonds is 6. The van der Waals surface area contributed by atoms with Crippen LogP contribution in [0.4, 0.5) is 5.95 Å². The highest BCUT2D eigenvalue weighted by atomic mass is 32.2. The van der Waals surface area contributed by atoms with Crippen LogP contribution in [0.2, 0.25) is 0 Å². The summed E-state index contributed by atoms with van der Waals surface area (Å²) >= 11 is 1.13. The van der Waals surface area contributed by atoms with Crippen molar-refractivity contribution >= 4 is 23.7 Å². The number of carboxylic acids is 1. The molecule has 1 aromatic carbocycles. The molecule has 0 aliphatic rings. The van der Waals surface area contributed by atoms with Gasteiger partial charge >= 0.3 is 5.97 Å². The third-order valence-corrected chi connectivity index (χ3v) is 4.28. The fraction of sp³-hybridized carbons (Fsp3) is 0.333. The zero-order valence-corrected chi connectivity index (χ0v) is 14.0. The molecule has 8 nitrogen and oxygen atoms in total. The summed E-state index contributed by atoms with van der Waals surface area (Å²) in [5.74, 6) is -0.565. The quantitative estimate of drug-likeness (QED) is 0.558. The van der Waals surface area contributed by atoms with Crippen molar-refractivity contribution in [1.29, 1.82) is 0 Å². The van der Waals surface area contributed by atoms with Crippen molar-refractivity contribution in [2.45, 2.75) is 25.1 Å². The number of hydrogen-bond donors (Lipinski definition) is 4. The summed E-state index contributed by atoms with van der Waals surface area (Å²) in [6.07, 6.45) is -0.892. The Labute approximate surface area is 142 Å². The average Bonchev–Trinajstić information content (AvgIpc) is 2.51. The van der Waals surface area contributed by atoms with E-state index >= 15 is 0 Å². The van der Waals surface area contributed by atoms with Crippen LogP contribution >= 0.6 is 11.8 Å². The molecule has 1 aromatic heterocycles. The Bertz CT molecular complexity index is 769. The Hall–Kier alpha value is -2.23. The number of hydrogen-bond acceptors (Lipinski definition) is 8. The van der Waals surface area contributed by atoms with E-state index < -0.39 is 12.1 Å². The van der Waals surface area contributed by atoms with Crippen LogP contribution in [0.5, 0.6) is 0 Å². The molecule has 128 valence electrons. The van der Waals surface area contributed by atoms with Crippen LogP contribution in [0.3, 0.4) is 0 Å². The number of benzene rings is 1. The highest BCUT2D eigenvalue weighted by Crippen LogP contribution is 2.26. The van der Waals surface area contributed by atoms with Crippen molar-refractivity contribution in [2.24, 2.45) is 0 Å². The predicted molar refractivity (Wildman–Crippen MR) is 89.9 cm³/mol. The molecule has 1 unspecified atom stereocenters. The molecule has 2 aromatic rings. The number of aliphatic hydroxyl groups excluding tert-OH is 2. The Kier molecular flexibility index (Phi) is 5.71. The number of nitrogens with two attached hydrogens (primary N) is 1. The van der Waals surface area contributed by atoms with E-state index in [1.165, 1.54) is 6.07 Å². The summed E-state index contributed by atoms with van der Waals surface area (Å²) < 4.78 is 0. The molecule has 2 rings (SSSR count). The zero-order chi connectivity index (χ0) is 17.9. The van der Waals surface area contributed by atoms with Crippen LogP contribution in [-0.2, 0) is 0 Å². The van der Waals surface area contributed by atoms with E-state index in [-0.39, 0.29) is 29.7 Å². The Morgan fingerprint density at radius 2 is 1.96 bits per heavy atom. The predicted octanol–water partition coefficient (Wildman–Crippen LogP) is 0.881. The fourth-order valence-electron chi connectivity index (χ4n) is 2.10. The van der Waals surface area contributed by atoms with Crippen LogP contribution in [-0.4, -0.2) is 54.7 Å². The lowest BCUT2D eigenvalue weighted by molar-refractivity contribution is 0.0696. The van der Waals surface area contributed by atoms with Gasteiger partial charge in [-0.3, -0.25) is 0 Å². The topological polar surface area (TPSA) is 142 Å². The van der Waals surface area contributed by atoms with Crippen LogP contribution in [0.25, 0.3) is 11.4 Å². The third kappa shape index (κ3) is 4.19. The molecule has 1 atom stereocenters. The maximum absolute atomic E-state index is 11.3. The van der Waals surface area contributed by atoms with E-state index in [0.717, 1.165) is 17.3 Å². The molecule has 0 spiro atoms. The van der Waals surface area contributed by atoms with Gasteiger partial charge in [-0.1, -0.05) is 17.8 Å². The first kappa shape index (κ1) is 18.1. The van der Waals surface area contributed by atoms with Gasteiger partial charge in [0.15, 0.2) is 11.0 Å². The molecule has 0 aliphatic heterocycles. The maximum Gasteiger partial charge on any atom is 0.335 e. The van der Waals surface area contributed by atoms with E-state index in [0.29, 0.717) is 16.3 Å². The lowest BCUT2D eigenvalue weighted by Crippen LogP contribution is -2.15. The van der Waals surface area contributed by atoms with Gasteiger partial charge in [-0.05, 0) is 31.0 Å². The summed E-state index contributed by atoms with van der Waals surface area (Å²) in [4.78, 5) is 23.7. The van der Waals surface area contributed by atoms with Crippen molar-refractivity contribution < 1.29 is 20.1 Å². The number of carbonyl (C=O) groups is 1. The van der Waals surface area contributed by atoms with Crippen LogP contribution in [0.1, 0.15) is 21.5 Å². The summed E-state index contributed by atoms with van der Waals surface area (Å²) in [5, 5.41) is 27.8. The summed E-state index contributed by atoms with van der Waals surface area (Å²) in [7, 11) is 0. The van der Waals surface area contributed by atoms with E-state index in [4.69, 9.17) is 10.8 Å². The number of nitrogens with zero attached hydrogens (tertiary/aromatic N) is 3. The standard InChI is InChI=1S/C15H18N4O4S/c1-7-3-8(2)11(13(22)23)4-10(7)12-17-14(16)19-15(18-12)24-6-9(21)5-20/h3-4,9,20-21H,5-6H2,1-2H3,(H,22,23)(H2,16,17,18,19). The maximum atomic E-state index is 11.3. The molecule has 1 heterocycles. The summed E-state index contributed by atoms with van der Waals surface area (Å²) in [6, 6.07) is 3.26. The second-order valence-electron chi connectivity index (χ2n) is 5.23. The minimum atomic E-state index is -1.03. The third-order valence-electron chi connectivity index (χ3n) is 3.29. The smallest absolute Gasteiger partial charge is 0.335 e. The van der Waals surface area contributed by atoms with Crippen molar-refractivity contribution in [1.82, 2.24) is 15.0 Å². The molecule has 0 aliphatic carbocycles. The second kappa shape index (κ2) is 7.56. The fourth-order valence-corrected chi connectivity index (χ4v) is 2.86. The first-order valence-electron chi connectivity index (χ1n) is 7.10. The minimum Gasteiger partial charge on any atom is -0.478 e. The summed E-state index contributed by atoms with van der Waals surface area (Å²) in [6.45, 7) is 3.19. The van der Waals surface area contributed by atoms with Gasteiger partial charge in [-0.25, -0.2) is 9.78 Å². The van der Waals surface area contributed by atoms with Gasteiger partial charge in [-0.2, -0.15) is 9.97 Å². The van der Waals surface area contributed by atoms with Crippen molar-refractivity contribution in [3.05, 3.63) is 28.8 Å². The molecule has 0 saturated heterocycles. The van der Waals surface area contributed by atoms with Crippen molar-refractivity contribution in [2.75, 3.05) is 18.1 Å². The van der Waals surface area contributed by atoms with E-state index in [1.807, 2.05) is 6.92 Å². The molecule has 24 heavy (non-hydrogen) atoms. The Morgan fingerprint density at radius 3 is 2.58 bits per heavy atom. The highest BCUT2D eigenvalue weighted by Gasteiger charge is 2.15. The van der Waals surface area contributed by atoms with Crippen LogP contribution < -0.4 is 5.73 Å². The Balaban J connectivity index is 2.43.